The van der Waals surface area contributed by atoms with Crippen LogP contribution in [0.3, 0.4) is 0 Å². The summed E-state index contributed by atoms with van der Waals surface area (Å²) in [6, 6.07) is 23.0. The van der Waals surface area contributed by atoms with Gasteiger partial charge in [0.1, 0.15) is 0 Å². The summed E-state index contributed by atoms with van der Waals surface area (Å²) in [7, 11) is 1.29. The summed E-state index contributed by atoms with van der Waals surface area (Å²) in [5, 5.41) is 2.60. The smallest absolute Gasteiger partial charge is 0.338 e. The van der Waals surface area contributed by atoms with Crippen LogP contribution in [0, 0.1) is 0 Å². The van der Waals surface area contributed by atoms with E-state index in [0.717, 1.165) is 11.1 Å². The number of rotatable bonds is 6. The summed E-state index contributed by atoms with van der Waals surface area (Å²) in [5.74, 6) is -1.53. The largest absolute Gasteiger partial charge is 0.465 e. The third-order valence-electron chi connectivity index (χ3n) is 4.15. The van der Waals surface area contributed by atoms with Gasteiger partial charge in [-0.05, 0) is 47.5 Å². The van der Waals surface area contributed by atoms with E-state index in [4.69, 9.17) is 4.74 Å². The standard InChI is InChI=1S/C23H19NO5/c1-28-22(26)18-11-13-20(14-12-18)24-21(25)15-29-23(27)19-9-7-17(8-10-19)16-5-3-2-4-6-16/h2-14H,15H2,1H3,(H,24,25). The molecule has 3 aromatic carbocycles. The van der Waals surface area contributed by atoms with Crippen molar-refractivity contribution in [3.05, 3.63) is 90.0 Å². The van der Waals surface area contributed by atoms with E-state index in [1.54, 1.807) is 24.3 Å². The second-order valence-electron chi connectivity index (χ2n) is 6.14. The monoisotopic (exact) mass is 389 g/mol. The highest BCUT2D eigenvalue weighted by Gasteiger charge is 2.11. The normalized spacial score (nSPS) is 10.1. The van der Waals surface area contributed by atoms with Crippen LogP contribution in [0.25, 0.3) is 11.1 Å². The van der Waals surface area contributed by atoms with Gasteiger partial charge in [0.2, 0.25) is 0 Å². The number of carbonyl (C=O) groups is 3. The van der Waals surface area contributed by atoms with Crippen LogP contribution in [0.2, 0.25) is 0 Å². The van der Waals surface area contributed by atoms with Crippen LogP contribution < -0.4 is 5.32 Å². The highest BCUT2D eigenvalue weighted by atomic mass is 16.5. The van der Waals surface area contributed by atoms with Gasteiger partial charge >= 0.3 is 11.9 Å². The fourth-order valence-electron chi connectivity index (χ4n) is 2.65. The van der Waals surface area contributed by atoms with Crippen LogP contribution >= 0.6 is 0 Å². The quantitative estimate of drug-likeness (QED) is 0.646. The number of ether oxygens (including phenoxy) is 2. The maximum Gasteiger partial charge on any atom is 0.338 e. The summed E-state index contributed by atoms with van der Waals surface area (Å²) in [5.41, 5.74) is 3.24. The molecule has 0 radical (unpaired) electrons. The minimum atomic E-state index is -0.583. The Hall–Kier alpha value is -3.93. The average Bonchev–Trinajstić information content (AvgIpc) is 2.78. The van der Waals surface area contributed by atoms with Crippen molar-refractivity contribution in [3.8, 4) is 11.1 Å². The second-order valence-corrected chi connectivity index (χ2v) is 6.14. The van der Waals surface area contributed by atoms with E-state index in [-0.39, 0.29) is 0 Å². The Bertz CT molecular complexity index is 996. The second kappa shape index (κ2) is 9.32. The molecule has 0 saturated heterocycles. The van der Waals surface area contributed by atoms with Crippen molar-refractivity contribution < 1.29 is 23.9 Å². The molecule has 0 heterocycles. The van der Waals surface area contributed by atoms with Gasteiger partial charge in [-0.25, -0.2) is 9.59 Å². The Kier molecular flexibility index (Phi) is 6.37. The molecule has 1 amide bonds. The molecule has 0 aliphatic rings. The Labute approximate surface area is 168 Å². The lowest BCUT2D eigenvalue weighted by atomic mass is 10.0. The predicted octanol–water partition coefficient (Wildman–Crippen LogP) is 3.94. The number of esters is 2. The Morgan fingerprint density at radius 1 is 0.724 bits per heavy atom. The maximum atomic E-state index is 12.1. The van der Waals surface area contributed by atoms with Crippen molar-refractivity contribution in [1.82, 2.24) is 0 Å². The molecule has 0 spiro atoms. The van der Waals surface area contributed by atoms with E-state index >= 15 is 0 Å². The van der Waals surface area contributed by atoms with Gasteiger partial charge in [0.25, 0.3) is 5.91 Å². The minimum absolute atomic E-state index is 0.361. The van der Waals surface area contributed by atoms with Gasteiger partial charge in [-0.1, -0.05) is 42.5 Å². The zero-order valence-electron chi connectivity index (χ0n) is 15.8. The molecular weight excluding hydrogens is 370 g/mol. The lowest BCUT2D eigenvalue weighted by Gasteiger charge is -2.08. The van der Waals surface area contributed by atoms with Crippen LogP contribution in [0.1, 0.15) is 20.7 Å². The summed E-state index contributed by atoms with van der Waals surface area (Å²) < 4.78 is 9.67. The first kappa shape index (κ1) is 19.8. The van der Waals surface area contributed by atoms with Gasteiger partial charge in [-0.3, -0.25) is 4.79 Å². The molecule has 3 rings (SSSR count). The van der Waals surface area contributed by atoms with E-state index in [1.807, 2.05) is 42.5 Å². The van der Waals surface area contributed by atoms with Crippen molar-refractivity contribution in [3.63, 3.8) is 0 Å². The van der Waals surface area contributed by atoms with Crippen molar-refractivity contribution in [2.24, 2.45) is 0 Å². The molecule has 0 aliphatic carbocycles. The number of nitrogens with one attached hydrogen (secondary N) is 1. The van der Waals surface area contributed by atoms with Gasteiger partial charge in [0.05, 0.1) is 18.2 Å². The Morgan fingerprint density at radius 2 is 1.28 bits per heavy atom. The molecule has 0 fully saturated rings. The highest BCUT2D eigenvalue weighted by Crippen LogP contribution is 2.19. The summed E-state index contributed by atoms with van der Waals surface area (Å²) >= 11 is 0. The van der Waals surface area contributed by atoms with Gasteiger partial charge < -0.3 is 14.8 Å². The Balaban J connectivity index is 1.52. The first-order chi connectivity index (χ1) is 14.1. The molecule has 0 unspecified atom stereocenters. The Morgan fingerprint density at radius 3 is 1.90 bits per heavy atom. The molecule has 6 nitrogen and oxygen atoms in total. The number of hydrogen-bond acceptors (Lipinski definition) is 5. The van der Waals surface area contributed by atoms with Crippen molar-refractivity contribution in [2.45, 2.75) is 0 Å². The molecule has 29 heavy (non-hydrogen) atoms. The summed E-state index contributed by atoms with van der Waals surface area (Å²) in [6.45, 7) is -0.419. The molecule has 0 saturated carbocycles. The summed E-state index contributed by atoms with van der Waals surface area (Å²) in [6.07, 6.45) is 0. The van der Waals surface area contributed by atoms with Gasteiger partial charge in [0.15, 0.2) is 6.61 Å². The highest BCUT2D eigenvalue weighted by molar-refractivity contribution is 5.96. The van der Waals surface area contributed by atoms with Crippen LogP contribution in [0.15, 0.2) is 78.9 Å². The van der Waals surface area contributed by atoms with Crippen LogP contribution in [-0.4, -0.2) is 31.6 Å². The van der Waals surface area contributed by atoms with Crippen molar-refractivity contribution in [1.29, 1.82) is 0 Å². The molecule has 1 N–H and O–H groups in total. The van der Waals surface area contributed by atoms with Crippen LogP contribution in [0.4, 0.5) is 5.69 Å². The third kappa shape index (κ3) is 5.29. The van der Waals surface area contributed by atoms with Gasteiger partial charge in [-0.15, -0.1) is 0 Å². The number of amides is 1. The molecule has 146 valence electrons. The van der Waals surface area contributed by atoms with E-state index in [0.29, 0.717) is 16.8 Å². The van der Waals surface area contributed by atoms with Gasteiger partial charge in [0, 0.05) is 5.69 Å². The van der Waals surface area contributed by atoms with Crippen molar-refractivity contribution >= 4 is 23.5 Å². The SMILES string of the molecule is COC(=O)c1ccc(NC(=O)COC(=O)c2ccc(-c3ccccc3)cc2)cc1. The first-order valence-corrected chi connectivity index (χ1v) is 8.87. The van der Waals surface area contributed by atoms with Crippen LogP contribution in [0.5, 0.6) is 0 Å². The molecule has 0 aromatic heterocycles. The number of hydrogen-bond donors (Lipinski definition) is 1. The molecular formula is C23H19NO5. The first-order valence-electron chi connectivity index (χ1n) is 8.87. The third-order valence-corrected chi connectivity index (χ3v) is 4.15. The fourth-order valence-corrected chi connectivity index (χ4v) is 2.65. The number of benzene rings is 3. The average molecular weight is 389 g/mol. The van der Waals surface area contributed by atoms with E-state index in [9.17, 15) is 14.4 Å². The topological polar surface area (TPSA) is 81.7 Å². The predicted molar refractivity (Wildman–Crippen MR) is 109 cm³/mol. The summed E-state index contributed by atoms with van der Waals surface area (Å²) in [4.78, 5) is 35.5. The van der Waals surface area contributed by atoms with E-state index < -0.39 is 24.5 Å². The zero-order valence-corrected chi connectivity index (χ0v) is 15.8. The number of carbonyl (C=O) groups excluding carboxylic acids is 3. The molecule has 0 bridgehead atoms. The zero-order chi connectivity index (χ0) is 20.6. The van der Waals surface area contributed by atoms with E-state index in [1.165, 1.54) is 19.2 Å². The minimum Gasteiger partial charge on any atom is -0.465 e. The maximum absolute atomic E-state index is 12.1. The van der Waals surface area contributed by atoms with E-state index in [2.05, 4.69) is 10.1 Å². The lowest BCUT2D eigenvalue weighted by molar-refractivity contribution is -0.119. The molecule has 0 atom stereocenters. The number of anilines is 1. The molecule has 0 aliphatic heterocycles. The molecule has 6 heteroatoms. The fraction of sp³-hybridized carbons (Fsp3) is 0.0870. The van der Waals surface area contributed by atoms with Crippen LogP contribution in [-0.2, 0) is 14.3 Å². The number of methoxy groups -OCH3 is 1. The van der Waals surface area contributed by atoms with Crippen molar-refractivity contribution in [2.75, 3.05) is 19.0 Å². The van der Waals surface area contributed by atoms with Gasteiger partial charge in [-0.2, -0.15) is 0 Å². The lowest BCUT2D eigenvalue weighted by Crippen LogP contribution is -2.21. The molecule has 3 aromatic rings.